The first-order valence-corrected chi connectivity index (χ1v) is 4.75. The Hall–Kier alpha value is 4.08. The molecule has 21 heavy (non-hydrogen) atoms. The zero-order valence-electron chi connectivity index (χ0n) is 11.3. The van der Waals surface area contributed by atoms with Crippen LogP contribution in [0.3, 0.4) is 0 Å². The molecule has 0 saturated heterocycles. The first-order chi connectivity index (χ1) is 4.00. The zero-order chi connectivity index (χ0) is 9.00. The Balaban J connectivity index is -0.00000000364. The average molecular weight is 680 g/mol. The van der Waals surface area contributed by atoms with E-state index in [-0.39, 0.29) is 144 Å². The van der Waals surface area contributed by atoms with Crippen molar-refractivity contribution in [1.82, 2.24) is 0 Å². The van der Waals surface area contributed by atoms with Crippen molar-refractivity contribution in [3.05, 3.63) is 0 Å². The summed E-state index contributed by atoms with van der Waals surface area (Å²) in [7, 11) is -9.03. The van der Waals surface area contributed by atoms with Crippen LogP contribution >= 0.6 is 16.3 Å². The van der Waals surface area contributed by atoms with Gasteiger partial charge in [-0.3, -0.25) is 0 Å². The minimum atomic E-state index is -4.64. The third kappa shape index (κ3) is 705. The molecule has 0 amide bonds. The number of hydrogen-bond donors (Lipinski definition) is 7. The van der Waals surface area contributed by atoms with E-state index in [1.165, 1.54) is 0 Å². The van der Waals surface area contributed by atoms with Crippen molar-refractivity contribution in [2.24, 2.45) is 0 Å². The molecule has 0 spiro atoms. The Bertz CT molecular complexity index is 69.6. The Kier molecular flexibility index (Phi) is 235. The molecule has 0 bridgehead atoms. The zero-order valence-corrected chi connectivity index (χ0v) is 30.8. The van der Waals surface area contributed by atoms with Crippen molar-refractivity contribution >= 4 is 16.3 Å². The third-order valence-electron chi connectivity index (χ3n) is 0. The molecular weight excluding hydrogens is 662 g/mol. The Morgan fingerprint density at radius 2 is 0.476 bits per heavy atom. The normalized spacial score (nSPS) is 5.71. The molecule has 18 N–H and O–H groups in total. The molecule has 21 heteroatoms. The van der Waals surface area contributed by atoms with E-state index in [1.54, 1.807) is 0 Å². The van der Waals surface area contributed by atoms with Crippen molar-refractivity contribution in [2.45, 2.75) is 0 Å². The molecule has 116 valence electrons. The van der Waals surface area contributed by atoms with Crippen LogP contribution in [0.1, 0.15) is 0 Å². The fourth-order valence-electron chi connectivity index (χ4n) is 0. The molecular formula is H18O13P2Zn6+2. The van der Waals surface area contributed by atoms with Crippen LogP contribution in [0.25, 0.3) is 0 Å². The summed E-state index contributed by atoms with van der Waals surface area (Å²) in [5, 5.41) is 0. The molecule has 0 rings (SSSR count). The molecule has 0 aromatic carbocycles. The van der Waals surface area contributed by atoms with E-state index in [2.05, 4.69) is 0 Å². The number of hydrogen-bond acceptors (Lipinski definition) is 8. The predicted octanol–water partition coefficient (Wildman–Crippen LogP) is -7.60. The smallest absolute Gasteiger partial charge is 0.564 e. The van der Waals surface area contributed by atoms with E-state index >= 15 is 0 Å². The minimum Gasteiger partial charge on any atom is -0.606 e. The fraction of sp³-hybridized carbons (Fsp3) is 0. The summed E-state index contributed by atoms with van der Waals surface area (Å²) in [6.45, 7) is 0. The van der Waals surface area contributed by atoms with Gasteiger partial charge in [0.1, 0.15) is 0 Å². The van der Waals surface area contributed by atoms with Crippen LogP contribution in [-0.4, -0.2) is 56.2 Å². The first-order valence-electron chi connectivity index (χ1n) is 1.58. The second kappa shape index (κ2) is 49.6. The van der Waals surface area contributed by atoms with Crippen molar-refractivity contribution in [3.63, 3.8) is 0 Å². The summed E-state index contributed by atoms with van der Waals surface area (Å²) in [6, 6.07) is 0. The van der Waals surface area contributed by atoms with Gasteiger partial charge in [0, 0.05) is 117 Å². The van der Waals surface area contributed by atoms with Crippen LogP contribution in [0.5, 0.6) is 0 Å². The topological polar surface area (TPSA) is 324 Å². The maximum atomic E-state index is 8.88. The van der Waals surface area contributed by atoms with Gasteiger partial charge in [-0.2, -0.15) is 34.3 Å². The van der Waals surface area contributed by atoms with Crippen molar-refractivity contribution in [2.75, 3.05) is 0 Å². The van der Waals surface area contributed by atoms with Crippen LogP contribution in [-0.2, 0) is 122 Å². The van der Waals surface area contributed by atoms with Crippen LogP contribution in [0.15, 0.2) is 0 Å². The third-order valence-corrected chi connectivity index (χ3v) is 0. The summed E-state index contributed by atoms with van der Waals surface area (Å²) in [5.74, 6) is 0. The second-order valence-electron chi connectivity index (χ2n) is 1.05. The van der Waals surface area contributed by atoms with Gasteiger partial charge in [0.2, 0.25) is 0 Å². The van der Waals surface area contributed by atoms with Gasteiger partial charge in [-0.1, -0.05) is 0 Å². The van der Waals surface area contributed by atoms with E-state index in [0.717, 1.165) is 0 Å². The summed E-state index contributed by atoms with van der Waals surface area (Å²) in [5.41, 5.74) is 0. The van der Waals surface area contributed by atoms with Gasteiger partial charge in [0.25, 0.3) is 0 Å². The van der Waals surface area contributed by atoms with Gasteiger partial charge in [-0.25, -0.2) is 0 Å². The molecule has 13 nitrogen and oxygen atoms in total. The molecule has 0 aliphatic heterocycles. The predicted molar refractivity (Wildman–Crippen MR) is 48.7 cm³/mol. The quantitative estimate of drug-likeness (QED) is 0.0730. The summed E-state index contributed by atoms with van der Waals surface area (Å²) < 4.78 is 0. The Morgan fingerprint density at radius 3 is 0.476 bits per heavy atom. The van der Waals surface area contributed by atoms with Crippen LogP contribution in [0.2, 0.25) is 0 Å². The second-order valence-corrected chi connectivity index (χ2v) is 3.15. The van der Waals surface area contributed by atoms with Crippen LogP contribution in [0.4, 0.5) is 0 Å². The maximum Gasteiger partial charge on any atom is 0.564 e. The monoisotopic (exact) mass is 672 g/mol. The molecule has 0 saturated carbocycles. The summed E-state index contributed by atoms with van der Waals surface area (Å²) >= 11 is 0. The molecule has 0 heterocycles. The van der Waals surface area contributed by atoms with Gasteiger partial charge in [0.05, 0.1) is 0 Å². The van der Waals surface area contributed by atoms with Gasteiger partial charge in [-0.05, 0) is 0 Å². The largest absolute Gasteiger partial charge is 0.606 e. The van der Waals surface area contributed by atoms with Gasteiger partial charge < -0.3 is 32.3 Å². The molecule has 0 aliphatic carbocycles. The van der Waals surface area contributed by atoms with E-state index in [4.69, 9.17) is 39.1 Å². The van der Waals surface area contributed by atoms with E-state index in [9.17, 15) is 0 Å². The molecule has 0 aliphatic rings. The Morgan fingerprint density at radius 1 is 0.476 bits per heavy atom. The standard InChI is InChI=1S/H4O4P.H3O4P.5H2O.6Zn/c2*1-5(2,3)4;;;;;;;;;;;/h1-4H;(H3,1,2,3,4);5*1H2;;;;;;/q+1;;;;;;;;;;;;/p+1. The first kappa shape index (κ1) is 99.7. The van der Waals surface area contributed by atoms with Gasteiger partial charge in [-0.15, -0.1) is 0 Å². The SMILES string of the molecule is O.O.O.O.O[P+](O)(O)O.[O-][P+](O)(O)O.[OH3+].[Zn].[Zn].[Zn].[Zn].[Zn].[Zn]. The van der Waals surface area contributed by atoms with Crippen molar-refractivity contribution < 1.29 is 183 Å². The minimum absolute atomic E-state index is 0. The van der Waals surface area contributed by atoms with Gasteiger partial charge >= 0.3 is 16.3 Å². The molecule has 0 atom stereocenters. The van der Waals surface area contributed by atoms with Crippen LogP contribution < -0.4 is 4.89 Å². The van der Waals surface area contributed by atoms with E-state index in [1.807, 2.05) is 0 Å². The molecule has 0 radical (unpaired) electrons. The van der Waals surface area contributed by atoms with E-state index < -0.39 is 16.3 Å². The molecule has 0 aromatic rings. The van der Waals surface area contributed by atoms with Crippen molar-refractivity contribution in [3.8, 4) is 0 Å². The molecule has 0 aromatic heterocycles. The van der Waals surface area contributed by atoms with E-state index in [0.29, 0.717) is 0 Å². The fourth-order valence-corrected chi connectivity index (χ4v) is 0. The Labute approximate surface area is 197 Å². The van der Waals surface area contributed by atoms with Crippen LogP contribution in [0, 0.1) is 0 Å². The van der Waals surface area contributed by atoms with Gasteiger partial charge in [0.15, 0.2) is 0 Å². The number of phosphoric acid groups is 1. The molecule has 0 unspecified atom stereocenters. The average Bonchev–Trinajstić information content (AvgIpc) is 1.12. The summed E-state index contributed by atoms with van der Waals surface area (Å²) in [6.07, 6.45) is 0. The molecule has 0 fully saturated rings. The van der Waals surface area contributed by atoms with Crippen molar-refractivity contribution in [1.29, 1.82) is 0 Å². The maximum absolute atomic E-state index is 8.88. The number of rotatable bonds is 0. The summed E-state index contributed by atoms with van der Waals surface area (Å²) in [4.78, 5) is 59.6.